The minimum Gasteiger partial charge on any atom is -0.0622 e. The summed E-state index contributed by atoms with van der Waals surface area (Å²) in [5.74, 6) is 0.770. The van der Waals surface area contributed by atoms with E-state index in [0.29, 0.717) is 0 Å². The molecule has 1 atom stereocenters. The van der Waals surface area contributed by atoms with Crippen molar-refractivity contribution < 1.29 is 0 Å². The summed E-state index contributed by atoms with van der Waals surface area (Å²) in [7, 11) is 0. The summed E-state index contributed by atoms with van der Waals surface area (Å²) in [5.41, 5.74) is 2.91. The van der Waals surface area contributed by atoms with Crippen LogP contribution >= 0.6 is 15.9 Å². The first-order valence-electron chi connectivity index (χ1n) is 7.52. The molecule has 20 heavy (non-hydrogen) atoms. The predicted octanol–water partition coefficient (Wildman–Crippen LogP) is 6.04. The fraction of sp³-hybridized carbons (Fsp3) is 0.368. The maximum atomic E-state index is 3.49. The van der Waals surface area contributed by atoms with Crippen LogP contribution in [-0.4, -0.2) is 0 Å². The van der Waals surface area contributed by atoms with Crippen molar-refractivity contribution in [3.05, 3.63) is 70.2 Å². The maximum Gasteiger partial charge on any atom is 0.0175 e. The largest absolute Gasteiger partial charge is 0.0622 e. The molecule has 0 fully saturated rings. The Kier molecular flexibility index (Phi) is 6.32. The van der Waals surface area contributed by atoms with E-state index in [0.717, 1.165) is 10.4 Å². The topological polar surface area (TPSA) is 0 Å². The van der Waals surface area contributed by atoms with Gasteiger partial charge >= 0.3 is 0 Å². The van der Waals surface area contributed by atoms with Gasteiger partial charge in [0, 0.05) is 4.47 Å². The molecule has 2 aromatic carbocycles. The molecule has 0 saturated carbocycles. The second-order valence-electron chi connectivity index (χ2n) is 5.67. The molecule has 0 aliphatic heterocycles. The van der Waals surface area contributed by atoms with Gasteiger partial charge in [-0.1, -0.05) is 78.2 Å². The molecule has 0 N–H and O–H groups in total. The van der Waals surface area contributed by atoms with E-state index >= 15 is 0 Å². The van der Waals surface area contributed by atoms with Crippen LogP contribution in [0, 0.1) is 5.92 Å². The van der Waals surface area contributed by atoms with Crippen molar-refractivity contribution in [2.75, 3.05) is 0 Å². The van der Waals surface area contributed by atoms with Crippen LogP contribution in [-0.2, 0) is 12.8 Å². The molecule has 0 saturated heterocycles. The SMILES string of the molecule is C[C@@H](CCCCc1ccccc1)Cc1ccc(Br)cc1. The summed E-state index contributed by atoms with van der Waals surface area (Å²) >= 11 is 3.49. The van der Waals surface area contributed by atoms with Crippen molar-refractivity contribution >= 4 is 15.9 Å². The van der Waals surface area contributed by atoms with Gasteiger partial charge in [0.15, 0.2) is 0 Å². The van der Waals surface area contributed by atoms with Gasteiger partial charge in [-0.25, -0.2) is 0 Å². The summed E-state index contributed by atoms with van der Waals surface area (Å²) in [6.07, 6.45) is 6.36. The molecule has 0 heterocycles. The van der Waals surface area contributed by atoms with E-state index < -0.39 is 0 Å². The number of benzene rings is 2. The molecule has 0 amide bonds. The zero-order chi connectivity index (χ0) is 14.2. The first-order chi connectivity index (χ1) is 9.74. The summed E-state index contributed by atoms with van der Waals surface area (Å²) in [5, 5.41) is 0. The fourth-order valence-electron chi connectivity index (χ4n) is 2.59. The third-order valence-electron chi connectivity index (χ3n) is 3.75. The second kappa shape index (κ2) is 8.26. The van der Waals surface area contributed by atoms with Gasteiger partial charge in [0.1, 0.15) is 0 Å². The fourth-order valence-corrected chi connectivity index (χ4v) is 2.86. The molecule has 2 aromatic rings. The van der Waals surface area contributed by atoms with Crippen LogP contribution in [0.25, 0.3) is 0 Å². The minimum absolute atomic E-state index is 0.770. The van der Waals surface area contributed by atoms with Gasteiger partial charge in [0.2, 0.25) is 0 Å². The zero-order valence-electron chi connectivity index (χ0n) is 12.2. The lowest BCUT2D eigenvalue weighted by atomic mass is 9.95. The average molecular weight is 331 g/mol. The van der Waals surface area contributed by atoms with Gasteiger partial charge < -0.3 is 0 Å². The molecule has 0 spiro atoms. The molecule has 0 aliphatic rings. The van der Waals surface area contributed by atoms with Gasteiger partial charge in [-0.3, -0.25) is 0 Å². The molecule has 0 aliphatic carbocycles. The normalized spacial score (nSPS) is 12.3. The number of halogens is 1. The van der Waals surface area contributed by atoms with Gasteiger partial charge in [0.25, 0.3) is 0 Å². The van der Waals surface area contributed by atoms with Crippen LogP contribution in [0.2, 0.25) is 0 Å². The summed E-state index contributed by atoms with van der Waals surface area (Å²) in [4.78, 5) is 0. The Morgan fingerprint density at radius 1 is 0.850 bits per heavy atom. The van der Waals surface area contributed by atoms with Crippen molar-refractivity contribution in [2.24, 2.45) is 5.92 Å². The van der Waals surface area contributed by atoms with Gasteiger partial charge in [0.05, 0.1) is 0 Å². The van der Waals surface area contributed by atoms with E-state index in [4.69, 9.17) is 0 Å². The Labute approximate surface area is 131 Å². The van der Waals surface area contributed by atoms with Crippen LogP contribution in [0.3, 0.4) is 0 Å². The minimum atomic E-state index is 0.770. The molecule has 0 nitrogen and oxygen atoms in total. The second-order valence-corrected chi connectivity index (χ2v) is 6.58. The lowest BCUT2D eigenvalue weighted by Gasteiger charge is -2.11. The standard InChI is InChI=1S/C19H23Br/c1-16(15-18-11-13-19(20)14-12-18)7-5-6-10-17-8-3-2-4-9-17/h2-4,8-9,11-14,16H,5-7,10,15H2,1H3/t16-/m0/s1. The Balaban J connectivity index is 1.65. The Morgan fingerprint density at radius 3 is 2.25 bits per heavy atom. The maximum absolute atomic E-state index is 3.49. The molecule has 106 valence electrons. The zero-order valence-corrected chi connectivity index (χ0v) is 13.8. The van der Waals surface area contributed by atoms with E-state index in [-0.39, 0.29) is 0 Å². The van der Waals surface area contributed by atoms with Crippen LogP contribution < -0.4 is 0 Å². The Morgan fingerprint density at radius 2 is 1.55 bits per heavy atom. The highest BCUT2D eigenvalue weighted by Crippen LogP contribution is 2.18. The van der Waals surface area contributed by atoms with Crippen molar-refractivity contribution in [3.63, 3.8) is 0 Å². The molecule has 2 rings (SSSR count). The third kappa shape index (κ3) is 5.50. The molecule has 0 unspecified atom stereocenters. The highest BCUT2D eigenvalue weighted by molar-refractivity contribution is 9.10. The van der Waals surface area contributed by atoms with Crippen molar-refractivity contribution in [3.8, 4) is 0 Å². The van der Waals surface area contributed by atoms with Crippen molar-refractivity contribution in [1.29, 1.82) is 0 Å². The number of unbranched alkanes of at least 4 members (excludes halogenated alkanes) is 1. The van der Waals surface area contributed by atoms with Gasteiger partial charge in [-0.2, -0.15) is 0 Å². The number of hydrogen-bond acceptors (Lipinski definition) is 0. The molecule has 0 radical (unpaired) electrons. The predicted molar refractivity (Wildman–Crippen MR) is 91.0 cm³/mol. The molecule has 0 bridgehead atoms. The summed E-state index contributed by atoms with van der Waals surface area (Å²) in [6.45, 7) is 2.37. The van der Waals surface area contributed by atoms with E-state index in [1.165, 1.54) is 43.2 Å². The van der Waals surface area contributed by atoms with Crippen LogP contribution in [0.5, 0.6) is 0 Å². The van der Waals surface area contributed by atoms with Crippen LogP contribution in [0.15, 0.2) is 59.1 Å². The number of hydrogen-bond donors (Lipinski definition) is 0. The molecular formula is C19H23Br. The summed E-state index contributed by atoms with van der Waals surface area (Å²) < 4.78 is 1.16. The first-order valence-corrected chi connectivity index (χ1v) is 8.31. The lowest BCUT2D eigenvalue weighted by molar-refractivity contribution is 0.495. The highest BCUT2D eigenvalue weighted by atomic mass is 79.9. The van der Waals surface area contributed by atoms with E-state index in [1.54, 1.807) is 0 Å². The Bertz CT molecular complexity index is 487. The third-order valence-corrected chi connectivity index (χ3v) is 4.28. The van der Waals surface area contributed by atoms with E-state index in [1.807, 2.05) is 0 Å². The number of aryl methyl sites for hydroxylation is 1. The molecule has 1 heteroatoms. The van der Waals surface area contributed by atoms with Crippen LogP contribution in [0.1, 0.15) is 37.3 Å². The van der Waals surface area contributed by atoms with E-state index in [9.17, 15) is 0 Å². The van der Waals surface area contributed by atoms with Gasteiger partial charge in [-0.05, 0) is 48.4 Å². The number of rotatable bonds is 7. The highest BCUT2D eigenvalue weighted by Gasteiger charge is 2.04. The quantitative estimate of drug-likeness (QED) is 0.543. The average Bonchev–Trinajstić information content (AvgIpc) is 2.47. The van der Waals surface area contributed by atoms with Gasteiger partial charge in [-0.15, -0.1) is 0 Å². The first kappa shape index (κ1) is 15.3. The van der Waals surface area contributed by atoms with E-state index in [2.05, 4.69) is 77.5 Å². The molecule has 0 aromatic heterocycles. The lowest BCUT2D eigenvalue weighted by Crippen LogP contribution is -2.00. The smallest absolute Gasteiger partial charge is 0.0175 e. The van der Waals surface area contributed by atoms with Crippen molar-refractivity contribution in [1.82, 2.24) is 0 Å². The molecular weight excluding hydrogens is 308 g/mol. The van der Waals surface area contributed by atoms with Crippen LogP contribution in [0.4, 0.5) is 0 Å². The summed E-state index contributed by atoms with van der Waals surface area (Å²) in [6, 6.07) is 19.5. The van der Waals surface area contributed by atoms with Crippen molar-refractivity contribution in [2.45, 2.75) is 39.0 Å². The monoisotopic (exact) mass is 330 g/mol. The Hall–Kier alpha value is -1.08.